The highest BCUT2D eigenvalue weighted by Crippen LogP contribution is 2.16. The molecule has 0 aliphatic heterocycles. The molecule has 0 saturated heterocycles. The van der Waals surface area contributed by atoms with Crippen LogP contribution in [0.15, 0.2) is 48.5 Å². The Morgan fingerprint density at radius 3 is 2.04 bits per heavy atom. The molecule has 0 aromatic heterocycles. The van der Waals surface area contributed by atoms with Crippen LogP contribution in [0.5, 0.6) is 0 Å². The molecule has 0 fully saturated rings. The summed E-state index contributed by atoms with van der Waals surface area (Å²) in [6.07, 6.45) is -1.10. The second kappa shape index (κ2) is 8.43. The topological polar surface area (TPSA) is 154 Å². The third-order valence-corrected chi connectivity index (χ3v) is 3.39. The van der Waals surface area contributed by atoms with E-state index >= 15 is 0 Å². The van der Waals surface area contributed by atoms with Gasteiger partial charge >= 0.3 is 12.0 Å². The molecule has 4 N–H and O–H groups in total. The lowest BCUT2D eigenvalue weighted by molar-refractivity contribution is -0.384. The molecular formula is C17H16N4O6. The molecule has 0 aliphatic carbocycles. The van der Waals surface area contributed by atoms with Gasteiger partial charge in [0.2, 0.25) is 0 Å². The number of ether oxygens (including phenoxy) is 1. The zero-order valence-corrected chi connectivity index (χ0v) is 14.2. The summed E-state index contributed by atoms with van der Waals surface area (Å²) in [7, 11) is 0. The van der Waals surface area contributed by atoms with Gasteiger partial charge in [-0.15, -0.1) is 0 Å². The van der Waals surface area contributed by atoms with Crippen molar-refractivity contribution in [1.82, 2.24) is 0 Å². The number of primary amides is 1. The summed E-state index contributed by atoms with van der Waals surface area (Å²) in [6.45, 7) is 1.39. The molecule has 10 heteroatoms. The maximum absolute atomic E-state index is 12.1. The fourth-order valence-corrected chi connectivity index (χ4v) is 2.02. The Morgan fingerprint density at radius 2 is 1.52 bits per heavy atom. The van der Waals surface area contributed by atoms with E-state index in [4.69, 9.17) is 10.5 Å². The minimum Gasteiger partial charge on any atom is -0.449 e. The van der Waals surface area contributed by atoms with Gasteiger partial charge in [-0.25, -0.2) is 9.59 Å². The highest BCUT2D eigenvalue weighted by atomic mass is 16.6. The van der Waals surface area contributed by atoms with Crippen molar-refractivity contribution in [3.05, 3.63) is 64.2 Å². The van der Waals surface area contributed by atoms with Crippen molar-refractivity contribution < 1.29 is 24.0 Å². The molecule has 10 nitrogen and oxygen atoms in total. The smallest absolute Gasteiger partial charge is 0.338 e. The molecule has 27 heavy (non-hydrogen) atoms. The van der Waals surface area contributed by atoms with Crippen molar-refractivity contribution in [3.63, 3.8) is 0 Å². The lowest BCUT2D eigenvalue weighted by Crippen LogP contribution is -2.30. The fourth-order valence-electron chi connectivity index (χ4n) is 2.02. The first-order valence-corrected chi connectivity index (χ1v) is 7.69. The molecule has 1 unspecified atom stereocenters. The van der Waals surface area contributed by atoms with Gasteiger partial charge in [-0.2, -0.15) is 0 Å². The molecule has 2 rings (SSSR count). The van der Waals surface area contributed by atoms with Crippen LogP contribution < -0.4 is 16.4 Å². The normalized spacial score (nSPS) is 11.1. The average molecular weight is 372 g/mol. The SMILES string of the molecule is CC(OC(=O)c1ccc(NC(N)=O)cc1)C(=O)Nc1ccc([N+](=O)[O-])cc1. The molecule has 3 amide bonds. The number of hydrogen-bond donors (Lipinski definition) is 3. The lowest BCUT2D eigenvalue weighted by atomic mass is 10.2. The van der Waals surface area contributed by atoms with Gasteiger partial charge in [-0.3, -0.25) is 14.9 Å². The third-order valence-electron chi connectivity index (χ3n) is 3.39. The van der Waals surface area contributed by atoms with Crippen molar-refractivity contribution in [2.24, 2.45) is 5.73 Å². The number of benzene rings is 2. The minimum absolute atomic E-state index is 0.109. The first-order chi connectivity index (χ1) is 12.8. The summed E-state index contributed by atoms with van der Waals surface area (Å²) in [5.41, 5.74) is 5.79. The molecular weight excluding hydrogens is 356 g/mol. The summed E-state index contributed by atoms with van der Waals surface area (Å²) in [6, 6.07) is 10.2. The second-order valence-electron chi connectivity index (χ2n) is 5.41. The molecule has 0 heterocycles. The summed E-state index contributed by atoms with van der Waals surface area (Å²) < 4.78 is 5.08. The van der Waals surface area contributed by atoms with Crippen molar-refractivity contribution in [2.75, 3.05) is 10.6 Å². The second-order valence-corrected chi connectivity index (χ2v) is 5.41. The van der Waals surface area contributed by atoms with Gasteiger partial charge in [0, 0.05) is 23.5 Å². The van der Waals surface area contributed by atoms with Crippen LogP contribution in [0.25, 0.3) is 0 Å². The van der Waals surface area contributed by atoms with Gasteiger partial charge in [-0.1, -0.05) is 0 Å². The number of nitro benzene ring substituents is 1. The third kappa shape index (κ3) is 5.53. The lowest BCUT2D eigenvalue weighted by Gasteiger charge is -2.13. The van der Waals surface area contributed by atoms with Crippen LogP contribution in [-0.4, -0.2) is 28.9 Å². The summed E-state index contributed by atoms with van der Waals surface area (Å²) in [4.78, 5) is 45.0. The quantitative estimate of drug-likeness (QED) is 0.401. The molecule has 0 aliphatic rings. The Hall–Kier alpha value is -3.95. The number of rotatable bonds is 6. The van der Waals surface area contributed by atoms with Crippen LogP contribution in [-0.2, 0) is 9.53 Å². The first-order valence-electron chi connectivity index (χ1n) is 7.69. The van der Waals surface area contributed by atoms with E-state index < -0.39 is 28.9 Å². The van der Waals surface area contributed by atoms with Crippen molar-refractivity contribution in [3.8, 4) is 0 Å². The summed E-state index contributed by atoms with van der Waals surface area (Å²) in [5, 5.41) is 15.5. The highest BCUT2D eigenvalue weighted by molar-refractivity contribution is 5.97. The number of amides is 3. The molecule has 0 saturated carbocycles. The van der Waals surface area contributed by atoms with E-state index in [1.54, 1.807) is 0 Å². The number of carbonyl (C=O) groups is 3. The Labute approximate surface area is 153 Å². The van der Waals surface area contributed by atoms with Crippen LogP contribution in [0.3, 0.4) is 0 Å². The number of esters is 1. The molecule has 0 bridgehead atoms. The minimum atomic E-state index is -1.10. The number of carbonyl (C=O) groups excluding carboxylic acids is 3. The van der Waals surface area contributed by atoms with Crippen LogP contribution in [0.1, 0.15) is 17.3 Å². The average Bonchev–Trinajstić information content (AvgIpc) is 2.62. The predicted molar refractivity (Wildman–Crippen MR) is 96.3 cm³/mol. The van der Waals surface area contributed by atoms with Gasteiger partial charge in [0.25, 0.3) is 11.6 Å². The Kier molecular flexibility index (Phi) is 6.05. The predicted octanol–water partition coefficient (Wildman–Crippen LogP) is 2.27. The van der Waals surface area contributed by atoms with Crippen LogP contribution in [0.2, 0.25) is 0 Å². The zero-order valence-electron chi connectivity index (χ0n) is 14.2. The van der Waals surface area contributed by atoms with E-state index in [0.29, 0.717) is 11.4 Å². The number of nitrogens with two attached hydrogens (primary N) is 1. The van der Waals surface area contributed by atoms with E-state index in [-0.39, 0.29) is 11.3 Å². The molecule has 2 aromatic carbocycles. The number of hydrogen-bond acceptors (Lipinski definition) is 6. The van der Waals surface area contributed by atoms with E-state index in [1.807, 2.05) is 0 Å². The van der Waals surface area contributed by atoms with E-state index in [1.165, 1.54) is 55.5 Å². The van der Waals surface area contributed by atoms with Crippen molar-refractivity contribution in [1.29, 1.82) is 0 Å². The number of non-ortho nitro benzene ring substituents is 1. The number of anilines is 2. The van der Waals surface area contributed by atoms with Gasteiger partial charge in [0.05, 0.1) is 10.5 Å². The van der Waals surface area contributed by atoms with E-state index in [0.717, 1.165) is 0 Å². The maximum Gasteiger partial charge on any atom is 0.338 e. The van der Waals surface area contributed by atoms with Crippen LogP contribution in [0.4, 0.5) is 21.9 Å². The van der Waals surface area contributed by atoms with E-state index in [2.05, 4.69) is 10.6 Å². The van der Waals surface area contributed by atoms with Gasteiger partial charge in [0.1, 0.15) is 0 Å². The van der Waals surface area contributed by atoms with Crippen molar-refractivity contribution in [2.45, 2.75) is 13.0 Å². The Bertz CT molecular complexity index is 864. The number of nitrogens with zero attached hydrogens (tertiary/aromatic N) is 1. The molecule has 0 radical (unpaired) electrons. The molecule has 1 atom stereocenters. The van der Waals surface area contributed by atoms with Gasteiger partial charge in [-0.05, 0) is 43.3 Å². The Morgan fingerprint density at radius 1 is 1.00 bits per heavy atom. The highest BCUT2D eigenvalue weighted by Gasteiger charge is 2.19. The molecule has 2 aromatic rings. The molecule has 140 valence electrons. The zero-order chi connectivity index (χ0) is 20.0. The van der Waals surface area contributed by atoms with E-state index in [9.17, 15) is 24.5 Å². The van der Waals surface area contributed by atoms with Gasteiger partial charge < -0.3 is 21.1 Å². The summed E-state index contributed by atoms with van der Waals surface area (Å²) in [5.74, 6) is -1.32. The largest absolute Gasteiger partial charge is 0.449 e. The number of nitro groups is 1. The van der Waals surface area contributed by atoms with Crippen molar-refractivity contribution >= 4 is 35.0 Å². The van der Waals surface area contributed by atoms with Gasteiger partial charge in [0.15, 0.2) is 6.10 Å². The first kappa shape index (κ1) is 19.4. The molecule has 0 spiro atoms. The number of urea groups is 1. The van der Waals surface area contributed by atoms with Crippen LogP contribution >= 0.6 is 0 Å². The monoisotopic (exact) mass is 372 g/mol. The standard InChI is InChI=1S/C17H16N4O6/c1-10(15(22)19-12-6-8-14(9-7-12)21(25)26)27-16(23)11-2-4-13(5-3-11)20-17(18)24/h2-10H,1H3,(H,19,22)(H3,18,20,24). The summed E-state index contributed by atoms with van der Waals surface area (Å²) >= 11 is 0. The maximum atomic E-state index is 12.1. The Balaban J connectivity index is 1.93. The number of nitrogens with one attached hydrogen (secondary N) is 2. The van der Waals surface area contributed by atoms with Crippen LogP contribution in [0, 0.1) is 10.1 Å². The fraction of sp³-hybridized carbons (Fsp3) is 0.118.